The van der Waals surface area contributed by atoms with E-state index < -0.39 is 0 Å². The van der Waals surface area contributed by atoms with Gasteiger partial charge in [-0.2, -0.15) is 0 Å². The van der Waals surface area contributed by atoms with Crippen molar-refractivity contribution >= 4 is 6.09 Å². The van der Waals surface area contributed by atoms with E-state index in [1.54, 1.807) is 0 Å². The second kappa shape index (κ2) is 5.47. The standard InChI is InChI=1S/C16H19NO2/c18-16(19-12-13-6-2-1-3-7-13)17-10-14-8-4-5-9-15(14)11-17/h1-7,14-15H,8-12H2/t14-,15+. The topological polar surface area (TPSA) is 29.5 Å². The fourth-order valence-electron chi connectivity index (χ4n) is 2.97. The Morgan fingerprint density at radius 1 is 1.11 bits per heavy atom. The summed E-state index contributed by atoms with van der Waals surface area (Å²) in [6.45, 7) is 2.06. The van der Waals surface area contributed by atoms with E-state index in [1.807, 2.05) is 35.2 Å². The second-order valence-electron chi connectivity index (χ2n) is 5.41. The van der Waals surface area contributed by atoms with Crippen molar-refractivity contribution in [3.8, 4) is 0 Å². The Hall–Kier alpha value is -1.77. The lowest BCUT2D eigenvalue weighted by molar-refractivity contribution is 0.102. The summed E-state index contributed by atoms with van der Waals surface area (Å²) >= 11 is 0. The number of amides is 1. The van der Waals surface area contributed by atoms with Gasteiger partial charge in [-0.3, -0.25) is 0 Å². The van der Waals surface area contributed by atoms with Gasteiger partial charge in [-0.25, -0.2) is 4.79 Å². The largest absolute Gasteiger partial charge is 0.445 e. The Bertz CT molecular complexity index is 453. The minimum absolute atomic E-state index is 0.168. The maximum atomic E-state index is 12.0. The number of allylic oxidation sites excluding steroid dienone is 2. The van der Waals surface area contributed by atoms with Crippen molar-refractivity contribution in [3.05, 3.63) is 48.0 Å². The molecule has 3 heteroatoms. The molecule has 3 rings (SSSR count). The van der Waals surface area contributed by atoms with Gasteiger partial charge in [0.15, 0.2) is 0 Å². The zero-order chi connectivity index (χ0) is 13.1. The van der Waals surface area contributed by atoms with Gasteiger partial charge >= 0.3 is 6.09 Å². The summed E-state index contributed by atoms with van der Waals surface area (Å²) < 4.78 is 5.38. The van der Waals surface area contributed by atoms with Crippen molar-refractivity contribution in [2.24, 2.45) is 11.8 Å². The van der Waals surface area contributed by atoms with Gasteiger partial charge in [0.05, 0.1) is 0 Å². The van der Waals surface area contributed by atoms with E-state index in [-0.39, 0.29) is 6.09 Å². The molecule has 1 aromatic carbocycles. The highest BCUT2D eigenvalue weighted by Gasteiger charge is 2.35. The maximum Gasteiger partial charge on any atom is 0.410 e. The van der Waals surface area contributed by atoms with E-state index in [1.165, 1.54) is 0 Å². The predicted octanol–water partition coefficient (Wildman–Crippen LogP) is 3.22. The Labute approximate surface area is 113 Å². The minimum Gasteiger partial charge on any atom is -0.445 e. The summed E-state index contributed by atoms with van der Waals surface area (Å²) in [4.78, 5) is 13.9. The fraction of sp³-hybridized carbons (Fsp3) is 0.438. The van der Waals surface area contributed by atoms with Crippen LogP contribution in [-0.4, -0.2) is 24.1 Å². The maximum absolute atomic E-state index is 12.0. The number of ether oxygens (including phenoxy) is 1. The van der Waals surface area contributed by atoms with Crippen LogP contribution in [0.5, 0.6) is 0 Å². The molecule has 0 radical (unpaired) electrons. The number of hydrogen-bond donors (Lipinski definition) is 0. The molecular formula is C16H19NO2. The summed E-state index contributed by atoms with van der Waals surface area (Å²) in [6.07, 6.45) is 6.51. The van der Waals surface area contributed by atoms with Gasteiger partial charge in [0, 0.05) is 13.1 Å². The van der Waals surface area contributed by atoms with Crippen LogP contribution in [0.25, 0.3) is 0 Å². The van der Waals surface area contributed by atoms with Crippen molar-refractivity contribution in [2.45, 2.75) is 19.4 Å². The molecule has 2 aliphatic rings. The molecule has 0 N–H and O–H groups in total. The molecule has 1 aliphatic carbocycles. The van der Waals surface area contributed by atoms with Gasteiger partial charge in [-0.1, -0.05) is 42.5 Å². The van der Waals surface area contributed by atoms with Gasteiger partial charge in [0.1, 0.15) is 6.61 Å². The Kier molecular flexibility index (Phi) is 3.53. The molecule has 1 fully saturated rings. The molecule has 100 valence electrons. The minimum atomic E-state index is -0.168. The number of fused-ring (bicyclic) bond motifs is 1. The SMILES string of the molecule is O=C(OCc1ccccc1)N1C[C@H]2CC=CC[C@H]2C1. The molecule has 0 bridgehead atoms. The molecule has 0 aromatic heterocycles. The summed E-state index contributed by atoms with van der Waals surface area (Å²) in [6, 6.07) is 9.82. The normalized spacial score (nSPS) is 25.2. The smallest absolute Gasteiger partial charge is 0.410 e. The summed E-state index contributed by atoms with van der Waals surface area (Å²) in [5.74, 6) is 1.27. The van der Waals surface area contributed by atoms with Crippen LogP contribution in [0.3, 0.4) is 0 Å². The number of carbonyl (C=O) groups excluding carboxylic acids is 1. The molecule has 2 atom stereocenters. The van der Waals surface area contributed by atoms with Crippen LogP contribution >= 0.6 is 0 Å². The second-order valence-corrected chi connectivity index (χ2v) is 5.41. The zero-order valence-electron chi connectivity index (χ0n) is 11.0. The molecule has 0 unspecified atom stereocenters. The third-order valence-electron chi connectivity index (χ3n) is 4.08. The van der Waals surface area contributed by atoms with Crippen LogP contribution in [0.4, 0.5) is 4.79 Å². The highest BCUT2D eigenvalue weighted by atomic mass is 16.6. The van der Waals surface area contributed by atoms with E-state index in [2.05, 4.69) is 12.2 Å². The zero-order valence-corrected chi connectivity index (χ0v) is 11.0. The molecule has 1 amide bonds. The number of hydrogen-bond acceptors (Lipinski definition) is 2. The molecule has 1 aromatic rings. The number of rotatable bonds is 2. The van der Waals surface area contributed by atoms with Crippen LogP contribution in [0.1, 0.15) is 18.4 Å². The summed E-state index contributed by atoms with van der Waals surface area (Å²) in [7, 11) is 0. The average molecular weight is 257 g/mol. The molecular weight excluding hydrogens is 238 g/mol. The van der Waals surface area contributed by atoms with E-state index in [9.17, 15) is 4.79 Å². The van der Waals surface area contributed by atoms with Crippen LogP contribution in [0.15, 0.2) is 42.5 Å². The number of benzene rings is 1. The van der Waals surface area contributed by atoms with Crippen LogP contribution in [0.2, 0.25) is 0 Å². The van der Waals surface area contributed by atoms with Gasteiger partial charge in [0.2, 0.25) is 0 Å². The quantitative estimate of drug-likeness (QED) is 0.761. The summed E-state index contributed by atoms with van der Waals surface area (Å²) in [5.41, 5.74) is 1.04. The Morgan fingerprint density at radius 2 is 1.74 bits per heavy atom. The van der Waals surface area contributed by atoms with Gasteiger partial charge in [-0.05, 0) is 30.2 Å². The predicted molar refractivity (Wildman–Crippen MR) is 73.6 cm³/mol. The monoisotopic (exact) mass is 257 g/mol. The van der Waals surface area contributed by atoms with E-state index in [0.717, 1.165) is 31.5 Å². The molecule has 0 spiro atoms. The lowest BCUT2D eigenvalue weighted by Crippen LogP contribution is -2.29. The number of likely N-dealkylation sites (tertiary alicyclic amines) is 1. The third kappa shape index (κ3) is 2.80. The Morgan fingerprint density at radius 3 is 2.37 bits per heavy atom. The first-order valence-corrected chi connectivity index (χ1v) is 6.93. The van der Waals surface area contributed by atoms with Crippen molar-refractivity contribution in [1.82, 2.24) is 4.90 Å². The highest BCUT2D eigenvalue weighted by molar-refractivity contribution is 5.68. The van der Waals surface area contributed by atoms with Crippen molar-refractivity contribution in [1.29, 1.82) is 0 Å². The first kappa shape index (κ1) is 12.3. The van der Waals surface area contributed by atoms with Crippen molar-refractivity contribution < 1.29 is 9.53 Å². The lowest BCUT2D eigenvalue weighted by Gasteiger charge is -2.17. The van der Waals surface area contributed by atoms with E-state index >= 15 is 0 Å². The lowest BCUT2D eigenvalue weighted by atomic mass is 9.86. The summed E-state index contributed by atoms with van der Waals surface area (Å²) in [5, 5.41) is 0. The van der Waals surface area contributed by atoms with Gasteiger partial charge in [-0.15, -0.1) is 0 Å². The number of nitrogens with zero attached hydrogens (tertiary/aromatic N) is 1. The van der Waals surface area contributed by atoms with Gasteiger partial charge in [0.25, 0.3) is 0 Å². The van der Waals surface area contributed by atoms with E-state index in [4.69, 9.17) is 4.74 Å². The first-order valence-electron chi connectivity index (χ1n) is 6.93. The molecule has 3 nitrogen and oxygen atoms in total. The molecule has 1 saturated heterocycles. The highest BCUT2D eigenvalue weighted by Crippen LogP contribution is 2.32. The number of carbonyl (C=O) groups is 1. The average Bonchev–Trinajstić information content (AvgIpc) is 2.90. The molecule has 1 heterocycles. The van der Waals surface area contributed by atoms with Gasteiger partial charge < -0.3 is 9.64 Å². The first-order chi connectivity index (χ1) is 9.33. The van der Waals surface area contributed by atoms with Crippen LogP contribution in [-0.2, 0) is 11.3 Å². The van der Waals surface area contributed by atoms with Crippen molar-refractivity contribution in [2.75, 3.05) is 13.1 Å². The molecule has 1 aliphatic heterocycles. The fourth-order valence-corrected chi connectivity index (χ4v) is 2.97. The Balaban J connectivity index is 1.52. The van der Waals surface area contributed by atoms with Crippen molar-refractivity contribution in [3.63, 3.8) is 0 Å². The third-order valence-corrected chi connectivity index (χ3v) is 4.08. The molecule has 19 heavy (non-hydrogen) atoms. The van der Waals surface area contributed by atoms with Crippen LogP contribution in [0, 0.1) is 11.8 Å². The molecule has 0 saturated carbocycles. The van der Waals surface area contributed by atoms with E-state index in [0.29, 0.717) is 18.4 Å². The van der Waals surface area contributed by atoms with Crippen LogP contribution < -0.4 is 0 Å².